The summed E-state index contributed by atoms with van der Waals surface area (Å²) in [4.78, 5) is 49.7. The Morgan fingerprint density at radius 1 is 0.611 bits per heavy atom. The molecule has 0 spiro atoms. The van der Waals surface area contributed by atoms with E-state index in [-0.39, 0.29) is 47.6 Å². The van der Waals surface area contributed by atoms with Crippen molar-refractivity contribution in [3.63, 3.8) is 0 Å². The van der Waals surface area contributed by atoms with Crippen molar-refractivity contribution in [2.24, 2.45) is 11.8 Å². The topological polar surface area (TPSA) is 133 Å². The second kappa shape index (κ2) is 13.2. The molecule has 0 heterocycles. The van der Waals surface area contributed by atoms with Gasteiger partial charge in [-0.05, 0) is 11.1 Å². The highest BCUT2D eigenvalue weighted by atomic mass is 16.4. The van der Waals surface area contributed by atoms with Crippen molar-refractivity contribution >= 4 is 23.8 Å². The lowest BCUT2D eigenvalue weighted by molar-refractivity contribution is -0.136. The number of carboxylic acids is 2. The summed E-state index contributed by atoms with van der Waals surface area (Å²) >= 11 is 0. The lowest BCUT2D eigenvalue weighted by atomic mass is 9.90. The zero-order valence-corrected chi connectivity index (χ0v) is 21.0. The molecule has 8 heteroatoms. The molecule has 0 aliphatic rings. The van der Waals surface area contributed by atoms with Crippen LogP contribution in [0.3, 0.4) is 0 Å². The summed E-state index contributed by atoms with van der Waals surface area (Å²) in [7, 11) is 0. The van der Waals surface area contributed by atoms with Crippen molar-refractivity contribution in [3.05, 3.63) is 82.9 Å². The molecule has 8 nitrogen and oxygen atoms in total. The first-order chi connectivity index (χ1) is 17.0. The normalized spacial score (nSPS) is 13.5. The molecule has 2 aromatic carbocycles. The van der Waals surface area contributed by atoms with Crippen LogP contribution in [0.25, 0.3) is 0 Å². The number of carbonyl (C=O) groups is 4. The number of amides is 2. The fourth-order valence-corrected chi connectivity index (χ4v) is 3.64. The van der Waals surface area contributed by atoms with Gasteiger partial charge in [-0.1, -0.05) is 88.4 Å². The molecule has 0 aromatic heterocycles. The van der Waals surface area contributed by atoms with E-state index in [9.17, 15) is 29.4 Å². The molecule has 2 rings (SSSR count). The Morgan fingerprint density at radius 2 is 0.917 bits per heavy atom. The van der Waals surface area contributed by atoms with E-state index in [1.807, 2.05) is 0 Å². The van der Waals surface area contributed by atoms with E-state index in [1.165, 1.54) is 0 Å². The van der Waals surface area contributed by atoms with Crippen molar-refractivity contribution in [2.45, 2.75) is 52.6 Å². The van der Waals surface area contributed by atoms with E-state index < -0.39 is 24.0 Å². The molecule has 0 saturated heterocycles. The van der Waals surface area contributed by atoms with Crippen LogP contribution in [0.15, 0.2) is 71.8 Å². The third kappa shape index (κ3) is 8.08. The van der Waals surface area contributed by atoms with Crippen LogP contribution in [-0.2, 0) is 19.2 Å². The van der Waals surface area contributed by atoms with Crippen molar-refractivity contribution in [2.75, 3.05) is 0 Å². The molecule has 0 fully saturated rings. The first-order valence-electron chi connectivity index (χ1n) is 11.9. The minimum atomic E-state index is -1.39. The molecule has 36 heavy (non-hydrogen) atoms. The molecule has 0 unspecified atom stereocenters. The van der Waals surface area contributed by atoms with E-state index in [1.54, 1.807) is 88.4 Å². The lowest BCUT2D eigenvalue weighted by Crippen LogP contribution is -2.34. The van der Waals surface area contributed by atoms with Crippen LogP contribution >= 0.6 is 0 Å². The van der Waals surface area contributed by atoms with Crippen LogP contribution < -0.4 is 10.6 Å². The number of rotatable bonds is 12. The summed E-state index contributed by atoms with van der Waals surface area (Å²) in [5, 5.41) is 25.8. The lowest BCUT2D eigenvalue weighted by Gasteiger charge is -2.24. The van der Waals surface area contributed by atoms with E-state index in [2.05, 4.69) is 10.6 Å². The predicted molar refractivity (Wildman–Crippen MR) is 136 cm³/mol. The average molecular weight is 495 g/mol. The van der Waals surface area contributed by atoms with Gasteiger partial charge in [0.2, 0.25) is 11.8 Å². The van der Waals surface area contributed by atoms with Crippen LogP contribution in [-0.4, -0.2) is 34.0 Å². The van der Waals surface area contributed by atoms with Gasteiger partial charge in [0, 0.05) is 35.8 Å². The molecule has 0 radical (unpaired) electrons. The second-order valence-corrected chi connectivity index (χ2v) is 9.23. The molecule has 0 bridgehead atoms. The summed E-state index contributed by atoms with van der Waals surface area (Å²) in [5.41, 5.74) is 0.644. The van der Waals surface area contributed by atoms with Gasteiger partial charge in [0.25, 0.3) is 0 Å². The van der Waals surface area contributed by atoms with Crippen LogP contribution in [0, 0.1) is 11.8 Å². The van der Waals surface area contributed by atoms with Crippen molar-refractivity contribution in [1.29, 1.82) is 0 Å². The van der Waals surface area contributed by atoms with Crippen molar-refractivity contribution in [1.82, 2.24) is 10.6 Å². The first kappa shape index (κ1) is 28.3. The van der Waals surface area contributed by atoms with E-state index in [0.29, 0.717) is 11.1 Å². The van der Waals surface area contributed by atoms with Crippen molar-refractivity contribution < 1.29 is 29.4 Å². The predicted octanol–water partition coefficient (Wildman–Crippen LogP) is 4.26. The molecule has 2 atom stereocenters. The number of benzene rings is 2. The fourth-order valence-electron chi connectivity index (χ4n) is 3.64. The van der Waals surface area contributed by atoms with Gasteiger partial charge in [-0.3, -0.25) is 9.59 Å². The number of aliphatic carboxylic acids is 2. The monoisotopic (exact) mass is 494 g/mol. The van der Waals surface area contributed by atoms with E-state index >= 15 is 0 Å². The zero-order chi connectivity index (χ0) is 26.8. The van der Waals surface area contributed by atoms with Gasteiger partial charge in [-0.15, -0.1) is 0 Å². The van der Waals surface area contributed by atoms with Gasteiger partial charge in [-0.2, -0.15) is 0 Å². The van der Waals surface area contributed by atoms with Crippen LogP contribution in [0.5, 0.6) is 0 Å². The molecular weight excluding hydrogens is 460 g/mol. The Balaban J connectivity index is 2.54. The summed E-state index contributed by atoms with van der Waals surface area (Å²) < 4.78 is 0. The summed E-state index contributed by atoms with van der Waals surface area (Å²) in [6.45, 7) is 6.87. The smallest absolute Gasteiger partial charge is 0.332 e. The summed E-state index contributed by atoms with van der Waals surface area (Å²) in [6.07, 6.45) is -0.474. The fraction of sp³-hybridized carbons (Fsp3) is 0.357. The third-order valence-corrected chi connectivity index (χ3v) is 5.78. The SMILES string of the molecule is CC(C)C(=O)N[C@H](C/C(C(=O)O)=C(/C[C@@H](NC(=O)C(C)C)c1ccccc1)C(=O)O)c1ccccc1. The molecule has 2 amide bonds. The Hall–Kier alpha value is -3.94. The van der Waals surface area contributed by atoms with Crippen LogP contribution in [0.1, 0.15) is 63.7 Å². The number of hydrogen-bond acceptors (Lipinski definition) is 4. The average Bonchev–Trinajstić information content (AvgIpc) is 2.84. The Kier molecular flexibility index (Phi) is 10.4. The van der Waals surface area contributed by atoms with E-state index in [4.69, 9.17) is 0 Å². The van der Waals surface area contributed by atoms with E-state index in [0.717, 1.165) is 0 Å². The van der Waals surface area contributed by atoms with Crippen LogP contribution in [0.2, 0.25) is 0 Å². The number of carbonyl (C=O) groups excluding carboxylic acids is 2. The maximum absolute atomic E-state index is 12.5. The summed E-state index contributed by atoms with van der Waals surface area (Å²) in [5.74, 6) is -4.04. The molecule has 0 saturated carbocycles. The van der Waals surface area contributed by atoms with Gasteiger partial charge >= 0.3 is 11.9 Å². The highest BCUT2D eigenvalue weighted by molar-refractivity contribution is 5.99. The highest BCUT2D eigenvalue weighted by Crippen LogP contribution is 2.29. The number of hydrogen-bond donors (Lipinski definition) is 4. The minimum Gasteiger partial charge on any atom is -0.478 e. The van der Waals surface area contributed by atoms with Crippen LogP contribution in [0.4, 0.5) is 0 Å². The Morgan fingerprint density at radius 3 is 1.17 bits per heavy atom. The molecule has 0 aliphatic heterocycles. The Labute approximate surface area is 211 Å². The van der Waals surface area contributed by atoms with Gasteiger partial charge in [-0.25, -0.2) is 9.59 Å². The largest absolute Gasteiger partial charge is 0.478 e. The summed E-state index contributed by atoms with van der Waals surface area (Å²) in [6, 6.07) is 16.1. The standard InChI is InChI=1S/C28H34N2O6/c1-17(2)25(31)29-23(19-11-7-5-8-12-19)15-21(27(33)34)22(28(35)36)16-24(30-26(32)18(3)4)20-13-9-6-10-14-20/h5-14,17-18,23-24H,15-16H2,1-4H3,(H,29,31)(H,30,32)(H,33,34)(H,35,36)/b22-21+/t23-,24-/m1/s1. The molecule has 0 aliphatic carbocycles. The highest BCUT2D eigenvalue weighted by Gasteiger charge is 2.29. The zero-order valence-electron chi connectivity index (χ0n) is 21.0. The second-order valence-electron chi connectivity index (χ2n) is 9.23. The minimum absolute atomic E-state index is 0.237. The first-order valence-corrected chi connectivity index (χ1v) is 11.9. The van der Waals surface area contributed by atoms with Gasteiger partial charge < -0.3 is 20.8 Å². The number of nitrogens with one attached hydrogen (secondary N) is 2. The molecule has 2 aromatic rings. The maximum Gasteiger partial charge on any atom is 0.332 e. The van der Waals surface area contributed by atoms with Crippen molar-refractivity contribution in [3.8, 4) is 0 Å². The molecule has 4 N–H and O–H groups in total. The molecular formula is C28H34N2O6. The third-order valence-electron chi connectivity index (χ3n) is 5.78. The van der Waals surface area contributed by atoms with Gasteiger partial charge in [0.15, 0.2) is 0 Å². The maximum atomic E-state index is 12.5. The quantitative estimate of drug-likeness (QED) is 0.326. The Bertz CT molecular complexity index is 1010. The number of carboxylic acid groups (broad SMARTS) is 2. The van der Waals surface area contributed by atoms with Gasteiger partial charge in [0.1, 0.15) is 0 Å². The van der Waals surface area contributed by atoms with Gasteiger partial charge in [0.05, 0.1) is 12.1 Å². The molecule has 192 valence electrons.